The molecule has 0 saturated heterocycles. The van der Waals surface area contributed by atoms with Gasteiger partial charge in [-0.1, -0.05) is 44.2 Å². The van der Waals surface area contributed by atoms with E-state index in [4.69, 9.17) is 4.42 Å². The highest BCUT2D eigenvalue weighted by atomic mass is 16.3. The zero-order chi connectivity index (χ0) is 19.5. The molecule has 148 valence electrons. The minimum atomic E-state index is 0.0217. The van der Waals surface area contributed by atoms with Gasteiger partial charge in [0.05, 0.1) is 18.9 Å². The molecule has 0 spiro atoms. The van der Waals surface area contributed by atoms with E-state index in [9.17, 15) is 5.11 Å². The van der Waals surface area contributed by atoms with E-state index in [1.807, 2.05) is 42.5 Å². The van der Waals surface area contributed by atoms with Crippen molar-refractivity contribution < 1.29 is 9.52 Å². The maximum atomic E-state index is 9.73. The molecule has 2 rings (SSSR count). The maximum absolute atomic E-state index is 9.73. The van der Waals surface area contributed by atoms with E-state index in [1.165, 1.54) is 0 Å². The molecule has 0 aliphatic carbocycles. The number of benzene rings is 1. The lowest BCUT2D eigenvalue weighted by molar-refractivity contribution is 0.193. The van der Waals surface area contributed by atoms with E-state index in [2.05, 4.69) is 34.4 Å². The van der Waals surface area contributed by atoms with Crippen molar-refractivity contribution in [3.63, 3.8) is 0 Å². The Hall–Kier alpha value is -2.31. The SMILES string of the molecule is CCN(CC)C(CNC(=NC)NCC(CO)c1ccccc1)c1ccco1. The molecule has 0 fully saturated rings. The Morgan fingerprint density at radius 2 is 1.78 bits per heavy atom. The number of nitrogens with zero attached hydrogens (tertiary/aromatic N) is 2. The summed E-state index contributed by atoms with van der Waals surface area (Å²) >= 11 is 0. The Bertz CT molecular complexity index is 654. The van der Waals surface area contributed by atoms with Crippen LogP contribution in [0.1, 0.15) is 37.1 Å². The molecule has 1 aromatic heterocycles. The molecular formula is C21H32N4O2. The van der Waals surface area contributed by atoms with Gasteiger partial charge in [0.1, 0.15) is 5.76 Å². The van der Waals surface area contributed by atoms with Crippen molar-refractivity contribution in [1.82, 2.24) is 15.5 Å². The van der Waals surface area contributed by atoms with E-state index < -0.39 is 0 Å². The van der Waals surface area contributed by atoms with Crippen LogP contribution in [-0.4, -0.2) is 55.8 Å². The fourth-order valence-electron chi connectivity index (χ4n) is 3.20. The second-order valence-electron chi connectivity index (χ2n) is 6.38. The first-order valence-corrected chi connectivity index (χ1v) is 9.61. The summed E-state index contributed by atoms with van der Waals surface area (Å²) < 4.78 is 5.64. The number of rotatable bonds is 10. The Morgan fingerprint density at radius 3 is 2.33 bits per heavy atom. The van der Waals surface area contributed by atoms with Gasteiger partial charge in [-0.05, 0) is 30.8 Å². The van der Waals surface area contributed by atoms with E-state index in [0.717, 1.165) is 24.4 Å². The lowest BCUT2D eigenvalue weighted by atomic mass is 10.0. The fraction of sp³-hybridized carbons (Fsp3) is 0.476. The van der Waals surface area contributed by atoms with E-state index >= 15 is 0 Å². The Kier molecular flexibility index (Phi) is 8.87. The molecule has 6 heteroatoms. The summed E-state index contributed by atoms with van der Waals surface area (Å²) in [4.78, 5) is 6.66. The van der Waals surface area contributed by atoms with Crippen LogP contribution in [0.5, 0.6) is 0 Å². The first-order valence-electron chi connectivity index (χ1n) is 9.61. The molecule has 2 atom stereocenters. The van der Waals surface area contributed by atoms with Crippen LogP contribution in [0.3, 0.4) is 0 Å². The van der Waals surface area contributed by atoms with Gasteiger partial charge in [-0.25, -0.2) is 0 Å². The van der Waals surface area contributed by atoms with E-state index in [1.54, 1.807) is 13.3 Å². The summed E-state index contributed by atoms with van der Waals surface area (Å²) in [6, 6.07) is 14.1. The predicted molar refractivity (Wildman–Crippen MR) is 110 cm³/mol. The number of hydrogen-bond donors (Lipinski definition) is 3. The van der Waals surface area contributed by atoms with Gasteiger partial charge in [0.2, 0.25) is 0 Å². The minimum Gasteiger partial charge on any atom is -0.468 e. The van der Waals surface area contributed by atoms with Crippen LogP contribution in [0, 0.1) is 0 Å². The number of furan rings is 1. The zero-order valence-corrected chi connectivity index (χ0v) is 16.6. The van der Waals surface area contributed by atoms with Crippen LogP contribution >= 0.6 is 0 Å². The number of nitrogens with one attached hydrogen (secondary N) is 2. The molecular weight excluding hydrogens is 340 g/mol. The van der Waals surface area contributed by atoms with Crippen LogP contribution < -0.4 is 10.6 Å². The van der Waals surface area contributed by atoms with Crippen LogP contribution in [0.4, 0.5) is 0 Å². The second-order valence-corrected chi connectivity index (χ2v) is 6.38. The average Bonchev–Trinajstić information content (AvgIpc) is 3.25. The molecule has 27 heavy (non-hydrogen) atoms. The third-order valence-corrected chi connectivity index (χ3v) is 4.82. The van der Waals surface area contributed by atoms with Crippen molar-refractivity contribution in [2.45, 2.75) is 25.8 Å². The topological polar surface area (TPSA) is 73.0 Å². The van der Waals surface area contributed by atoms with Gasteiger partial charge < -0.3 is 20.2 Å². The summed E-state index contributed by atoms with van der Waals surface area (Å²) in [5.41, 5.74) is 1.11. The van der Waals surface area contributed by atoms with Crippen molar-refractivity contribution >= 4 is 5.96 Å². The van der Waals surface area contributed by atoms with Crippen LogP contribution in [-0.2, 0) is 0 Å². The molecule has 0 amide bonds. The highest BCUT2D eigenvalue weighted by molar-refractivity contribution is 5.79. The number of guanidine groups is 1. The highest BCUT2D eigenvalue weighted by Gasteiger charge is 2.21. The molecule has 1 aromatic carbocycles. The second kappa shape index (κ2) is 11.4. The van der Waals surface area contributed by atoms with E-state index in [-0.39, 0.29) is 18.6 Å². The third-order valence-electron chi connectivity index (χ3n) is 4.82. The van der Waals surface area contributed by atoms with Crippen molar-refractivity contribution in [2.75, 3.05) is 39.8 Å². The molecule has 0 aliphatic rings. The predicted octanol–water partition coefficient (Wildman–Crippen LogP) is 2.60. The minimum absolute atomic E-state index is 0.0217. The molecule has 2 aromatic rings. The molecule has 0 bridgehead atoms. The first-order chi connectivity index (χ1) is 13.2. The van der Waals surface area contributed by atoms with Gasteiger partial charge in [-0.15, -0.1) is 0 Å². The van der Waals surface area contributed by atoms with Crippen molar-refractivity contribution in [3.8, 4) is 0 Å². The van der Waals surface area contributed by atoms with Gasteiger partial charge in [-0.2, -0.15) is 0 Å². The lowest BCUT2D eigenvalue weighted by Gasteiger charge is -2.29. The summed E-state index contributed by atoms with van der Waals surface area (Å²) in [7, 11) is 1.76. The zero-order valence-electron chi connectivity index (χ0n) is 16.6. The molecule has 3 N–H and O–H groups in total. The molecule has 0 saturated carbocycles. The van der Waals surface area contributed by atoms with Crippen molar-refractivity contribution in [3.05, 3.63) is 60.1 Å². The Morgan fingerprint density at radius 1 is 1.07 bits per heavy atom. The van der Waals surface area contributed by atoms with Crippen LogP contribution in [0.15, 0.2) is 58.1 Å². The van der Waals surface area contributed by atoms with Crippen molar-refractivity contribution in [1.29, 1.82) is 0 Å². The number of aliphatic hydroxyl groups excluding tert-OH is 1. The summed E-state index contributed by atoms with van der Waals surface area (Å²) in [6.45, 7) is 7.56. The number of hydrogen-bond acceptors (Lipinski definition) is 4. The molecule has 1 heterocycles. The van der Waals surface area contributed by atoms with Gasteiger partial charge in [0.15, 0.2) is 5.96 Å². The number of likely N-dealkylation sites (N-methyl/N-ethyl adjacent to an activating group) is 1. The molecule has 0 aliphatic heterocycles. The summed E-state index contributed by atoms with van der Waals surface area (Å²) in [5.74, 6) is 1.68. The highest BCUT2D eigenvalue weighted by Crippen LogP contribution is 2.20. The Balaban J connectivity index is 1.95. The molecule has 0 radical (unpaired) electrons. The maximum Gasteiger partial charge on any atom is 0.191 e. The molecule has 2 unspecified atom stereocenters. The van der Waals surface area contributed by atoms with Crippen LogP contribution in [0.25, 0.3) is 0 Å². The lowest BCUT2D eigenvalue weighted by Crippen LogP contribution is -2.44. The largest absolute Gasteiger partial charge is 0.468 e. The number of aliphatic hydroxyl groups is 1. The summed E-state index contributed by atoms with van der Waals surface area (Å²) in [5, 5.41) is 16.4. The monoisotopic (exact) mass is 372 g/mol. The van der Waals surface area contributed by atoms with Crippen LogP contribution in [0.2, 0.25) is 0 Å². The average molecular weight is 373 g/mol. The van der Waals surface area contributed by atoms with Gasteiger partial charge in [-0.3, -0.25) is 9.89 Å². The Labute approximate surface area is 162 Å². The summed E-state index contributed by atoms with van der Waals surface area (Å²) in [6.07, 6.45) is 1.71. The van der Waals surface area contributed by atoms with Gasteiger partial charge in [0, 0.05) is 26.1 Å². The fourth-order valence-corrected chi connectivity index (χ4v) is 3.20. The number of aliphatic imine (C=N–C) groups is 1. The standard InChI is InChI=1S/C21H32N4O2/c1-4-25(5-2)19(20-12-9-13-27-20)15-24-21(22-3)23-14-18(16-26)17-10-7-6-8-11-17/h6-13,18-19,26H,4-5,14-16H2,1-3H3,(H2,22,23,24). The van der Waals surface area contributed by atoms with E-state index in [0.29, 0.717) is 19.0 Å². The third kappa shape index (κ3) is 6.12. The van der Waals surface area contributed by atoms with Gasteiger partial charge in [0.25, 0.3) is 0 Å². The quantitative estimate of drug-likeness (QED) is 0.442. The first kappa shape index (κ1) is 21.0. The normalized spacial score (nSPS) is 14.2. The van der Waals surface area contributed by atoms with Gasteiger partial charge >= 0.3 is 0 Å². The van der Waals surface area contributed by atoms with Crippen molar-refractivity contribution in [2.24, 2.45) is 4.99 Å². The smallest absolute Gasteiger partial charge is 0.191 e. The molecule has 6 nitrogen and oxygen atoms in total.